The number of hydrogen-bond donors (Lipinski definition) is 1. The van der Waals surface area contributed by atoms with Crippen LogP contribution in [0.5, 0.6) is 0 Å². The maximum atomic E-state index is 13.1. The molecule has 0 heterocycles. The molecule has 0 aliphatic carbocycles. The number of halogens is 1. The molecule has 2 nitrogen and oxygen atoms in total. The lowest BCUT2D eigenvalue weighted by Gasteiger charge is -2.37. The van der Waals surface area contributed by atoms with E-state index >= 15 is 0 Å². The zero-order valence-corrected chi connectivity index (χ0v) is 14.8. The van der Waals surface area contributed by atoms with E-state index in [2.05, 4.69) is 11.8 Å². The van der Waals surface area contributed by atoms with Gasteiger partial charge in [-0.2, -0.15) is 0 Å². The molecule has 2 rings (SSSR count). The zero-order chi connectivity index (χ0) is 17.7. The summed E-state index contributed by atoms with van der Waals surface area (Å²) in [6.07, 6.45) is 1.93. The van der Waals surface area contributed by atoms with Gasteiger partial charge in [-0.25, -0.2) is 4.39 Å². The van der Waals surface area contributed by atoms with Crippen molar-refractivity contribution in [1.29, 1.82) is 0 Å². The van der Waals surface area contributed by atoms with Crippen LogP contribution in [0.2, 0.25) is 0 Å². The predicted octanol–water partition coefficient (Wildman–Crippen LogP) is 4.31. The Labute approximate surface area is 144 Å². The van der Waals surface area contributed by atoms with E-state index in [1.807, 2.05) is 57.4 Å². The molecule has 0 aromatic heterocycles. The van der Waals surface area contributed by atoms with Crippen molar-refractivity contribution in [3.05, 3.63) is 77.1 Å². The highest BCUT2D eigenvalue weighted by Gasteiger charge is 2.37. The third-order valence-corrected chi connectivity index (χ3v) is 4.42. The fourth-order valence-corrected chi connectivity index (χ4v) is 3.19. The second-order valence-corrected chi connectivity index (χ2v) is 6.67. The quantitative estimate of drug-likeness (QED) is 0.854. The summed E-state index contributed by atoms with van der Waals surface area (Å²) < 4.78 is 13.1. The molecule has 24 heavy (non-hydrogen) atoms. The van der Waals surface area contributed by atoms with Gasteiger partial charge in [0.1, 0.15) is 11.4 Å². The average molecular weight is 327 g/mol. The van der Waals surface area contributed by atoms with Crippen LogP contribution >= 0.6 is 0 Å². The van der Waals surface area contributed by atoms with E-state index in [4.69, 9.17) is 0 Å². The van der Waals surface area contributed by atoms with Crippen molar-refractivity contribution in [3.63, 3.8) is 0 Å². The van der Waals surface area contributed by atoms with Gasteiger partial charge in [0.2, 0.25) is 0 Å². The third kappa shape index (κ3) is 4.11. The standard InChI is InChI=1S/C21H26FNO/c1-16(14-18-10-12-20(22)13-11-18)21(24,17(2)15-23(3)4)19-8-6-5-7-9-19/h5-14,17,24H,15H2,1-4H3/b16-14+. The molecule has 0 amide bonds. The molecule has 0 saturated heterocycles. The van der Waals surface area contributed by atoms with Crippen LogP contribution in [0.15, 0.2) is 60.2 Å². The van der Waals surface area contributed by atoms with Gasteiger partial charge in [-0.05, 0) is 49.9 Å². The van der Waals surface area contributed by atoms with E-state index in [1.165, 1.54) is 12.1 Å². The molecule has 2 atom stereocenters. The Morgan fingerprint density at radius 2 is 1.71 bits per heavy atom. The lowest BCUT2D eigenvalue weighted by molar-refractivity contribution is 0.0105. The predicted molar refractivity (Wildman–Crippen MR) is 98.1 cm³/mol. The molecule has 1 N–H and O–H groups in total. The van der Waals surface area contributed by atoms with Gasteiger partial charge in [0.05, 0.1) is 0 Å². The monoisotopic (exact) mass is 327 g/mol. The van der Waals surface area contributed by atoms with Crippen LogP contribution < -0.4 is 0 Å². The zero-order valence-electron chi connectivity index (χ0n) is 14.8. The highest BCUT2D eigenvalue weighted by Crippen LogP contribution is 2.38. The van der Waals surface area contributed by atoms with E-state index in [9.17, 15) is 9.50 Å². The summed E-state index contributed by atoms with van der Waals surface area (Å²) in [5.74, 6) is -0.268. The normalized spacial score (nSPS) is 16.0. The summed E-state index contributed by atoms with van der Waals surface area (Å²) in [5, 5.41) is 11.6. The summed E-state index contributed by atoms with van der Waals surface area (Å²) in [5.41, 5.74) is 1.50. The minimum absolute atomic E-state index is 0.00778. The fourth-order valence-electron chi connectivity index (χ4n) is 3.19. The molecule has 128 valence electrons. The Morgan fingerprint density at radius 3 is 2.25 bits per heavy atom. The second kappa shape index (κ2) is 7.73. The van der Waals surface area contributed by atoms with E-state index in [1.54, 1.807) is 12.1 Å². The maximum absolute atomic E-state index is 13.1. The Kier molecular flexibility index (Phi) is 5.92. The van der Waals surface area contributed by atoms with Gasteiger partial charge < -0.3 is 10.0 Å². The molecule has 0 radical (unpaired) electrons. The van der Waals surface area contributed by atoms with Crippen molar-refractivity contribution in [2.75, 3.05) is 20.6 Å². The molecule has 0 aliphatic heterocycles. The number of rotatable bonds is 6. The van der Waals surface area contributed by atoms with Crippen LogP contribution in [0.1, 0.15) is 25.0 Å². The molecule has 0 bridgehead atoms. The first-order valence-electron chi connectivity index (χ1n) is 8.21. The fraction of sp³-hybridized carbons (Fsp3) is 0.333. The van der Waals surface area contributed by atoms with E-state index < -0.39 is 5.60 Å². The van der Waals surface area contributed by atoms with Crippen molar-refractivity contribution in [2.24, 2.45) is 5.92 Å². The van der Waals surface area contributed by atoms with Gasteiger partial charge in [0.15, 0.2) is 0 Å². The molecule has 3 heteroatoms. The van der Waals surface area contributed by atoms with Gasteiger partial charge in [-0.3, -0.25) is 0 Å². The smallest absolute Gasteiger partial charge is 0.123 e. The molecular weight excluding hydrogens is 301 g/mol. The van der Waals surface area contributed by atoms with Crippen molar-refractivity contribution in [2.45, 2.75) is 19.4 Å². The molecular formula is C21H26FNO. The maximum Gasteiger partial charge on any atom is 0.123 e. The molecule has 2 unspecified atom stereocenters. The van der Waals surface area contributed by atoms with Crippen molar-refractivity contribution >= 4 is 6.08 Å². The second-order valence-electron chi connectivity index (χ2n) is 6.67. The third-order valence-electron chi connectivity index (χ3n) is 4.42. The van der Waals surface area contributed by atoms with E-state index in [-0.39, 0.29) is 11.7 Å². The van der Waals surface area contributed by atoms with Crippen LogP contribution in [0.25, 0.3) is 6.08 Å². The Balaban J connectivity index is 2.47. The summed E-state index contributed by atoms with van der Waals surface area (Å²) >= 11 is 0. The Hall–Kier alpha value is -1.97. The van der Waals surface area contributed by atoms with Crippen molar-refractivity contribution < 1.29 is 9.50 Å². The SMILES string of the molecule is C/C(=C\c1ccc(F)cc1)C(O)(c1ccccc1)C(C)CN(C)C. The summed E-state index contributed by atoms with van der Waals surface area (Å²) in [7, 11) is 4.00. The van der Waals surface area contributed by atoms with Crippen molar-refractivity contribution in [1.82, 2.24) is 4.90 Å². The van der Waals surface area contributed by atoms with Gasteiger partial charge >= 0.3 is 0 Å². The molecule has 0 aliphatic rings. The molecule has 2 aromatic rings. The minimum Gasteiger partial charge on any atom is -0.380 e. The number of benzene rings is 2. The topological polar surface area (TPSA) is 23.5 Å². The number of hydrogen-bond acceptors (Lipinski definition) is 2. The van der Waals surface area contributed by atoms with Crippen LogP contribution in [0.4, 0.5) is 4.39 Å². The Morgan fingerprint density at radius 1 is 1.12 bits per heavy atom. The first-order chi connectivity index (χ1) is 11.3. The highest BCUT2D eigenvalue weighted by atomic mass is 19.1. The first-order valence-corrected chi connectivity index (χ1v) is 8.21. The van der Waals surface area contributed by atoms with Crippen molar-refractivity contribution in [3.8, 4) is 0 Å². The molecule has 0 saturated carbocycles. The van der Waals surface area contributed by atoms with Crippen LogP contribution in [-0.2, 0) is 5.60 Å². The molecule has 0 spiro atoms. The summed E-state index contributed by atoms with van der Waals surface area (Å²) in [6.45, 7) is 4.73. The lowest BCUT2D eigenvalue weighted by atomic mass is 9.76. The number of nitrogens with zero attached hydrogens (tertiary/aromatic N) is 1. The lowest BCUT2D eigenvalue weighted by Crippen LogP contribution is -2.40. The number of aliphatic hydroxyl groups is 1. The van der Waals surface area contributed by atoms with Crippen LogP contribution in [-0.4, -0.2) is 30.6 Å². The average Bonchev–Trinajstić information content (AvgIpc) is 2.56. The Bertz CT molecular complexity index is 679. The summed E-state index contributed by atoms with van der Waals surface area (Å²) in [4.78, 5) is 2.07. The first kappa shape index (κ1) is 18.4. The van der Waals surface area contributed by atoms with E-state index in [0.717, 1.165) is 23.2 Å². The van der Waals surface area contributed by atoms with Crippen LogP contribution in [0, 0.1) is 11.7 Å². The van der Waals surface area contributed by atoms with Gasteiger partial charge in [0, 0.05) is 12.5 Å². The van der Waals surface area contributed by atoms with Gasteiger partial charge in [0.25, 0.3) is 0 Å². The van der Waals surface area contributed by atoms with Gasteiger partial charge in [-0.15, -0.1) is 0 Å². The largest absolute Gasteiger partial charge is 0.380 e. The highest BCUT2D eigenvalue weighted by molar-refractivity contribution is 5.56. The molecule has 2 aromatic carbocycles. The van der Waals surface area contributed by atoms with E-state index in [0.29, 0.717) is 0 Å². The van der Waals surface area contributed by atoms with Gasteiger partial charge in [-0.1, -0.05) is 55.5 Å². The summed E-state index contributed by atoms with van der Waals surface area (Å²) in [6, 6.07) is 16.0. The van der Waals surface area contributed by atoms with Crippen LogP contribution in [0.3, 0.4) is 0 Å². The minimum atomic E-state index is -1.08. The molecule has 0 fully saturated rings.